The Morgan fingerprint density at radius 3 is 2.62 bits per heavy atom. The van der Waals surface area contributed by atoms with Gasteiger partial charge in [0.1, 0.15) is 5.82 Å². The first-order chi connectivity index (χ1) is 12.2. The van der Waals surface area contributed by atoms with E-state index in [4.69, 9.17) is 11.6 Å². The van der Waals surface area contributed by atoms with Gasteiger partial charge in [0, 0.05) is 29.1 Å². The van der Waals surface area contributed by atoms with Crippen molar-refractivity contribution in [3.8, 4) is 0 Å². The van der Waals surface area contributed by atoms with Gasteiger partial charge in [0.15, 0.2) is 0 Å². The minimum atomic E-state index is -3.39. The van der Waals surface area contributed by atoms with Crippen molar-refractivity contribution in [3.63, 3.8) is 0 Å². The summed E-state index contributed by atoms with van der Waals surface area (Å²) in [6, 6.07) is 11.0. The smallest absolute Gasteiger partial charge is 0.234 e. The lowest BCUT2D eigenvalue weighted by Gasteiger charge is -2.17. The molecular formula is C17H18ClFN2O3S2. The van der Waals surface area contributed by atoms with Gasteiger partial charge in [0.2, 0.25) is 15.9 Å². The van der Waals surface area contributed by atoms with Crippen molar-refractivity contribution in [3.05, 3.63) is 58.9 Å². The van der Waals surface area contributed by atoms with E-state index in [9.17, 15) is 17.6 Å². The normalized spacial score (nSPS) is 11.2. The molecule has 0 fully saturated rings. The molecular weight excluding hydrogens is 399 g/mol. The first-order valence-corrected chi connectivity index (χ1v) is 10.9. The molecule has 0 aliphatic heterocycles. The van der Waals surface area contributed by atoms with E-state index in [-0.39, 0.29) is 17.4 Å². The monoisotopic (exact) mass is 416 g/mol. The zero-order chi connectivity index (χ0) is 19.3. The summed E-state index contributed by atoms with van der Waals surface area (Å²) in [5, 5.41) is 3.02. The number of amides is 1. The molecule has 0 saturated carbocycles. The first-order valence-electron chi connectivity index (χ1n) is 7.53. The molecule has 2 rings (SSSR count). The lowest BCUT2D eigenvalue weighted by atomic mass is 10.2. The fourth-order valence-corrected chi connectivity index (χ4v) is 3.75. The summed E-state index contributed by atoms with van der Waals surface area (Å²) in [6.45, 7) is 0. The Morgan fingerprint density at radius 1 is 1.27 bits per heavy atom. The Hall–Kier alpha value is -1.77. The van der Waals surface area contributed by atoms with Crippen LogP contribution in [0.4, 0.5) is 15.8 Å². The molecule has 0 spiro atoms. The van der Waals surface area contributed by atoms with E-state index < -0.39 is 15.8 Å². The number of hydrogen-bond donors (Lipinski definition) is 1. The Morgan fingerprint density at radius 2 is 1.96 bits per heavy atom. The quantitative estimate of drug-likeness (QED) is 0.746. The minimum absolute atomic E-state index is 0.108. The number of carbonyl (C=O) groups excluding carboxylic acids is 1. The van der Waals surface area contributed by atoms with Crippen LogP contribution in [0.5, 0.6) is 0 Å². The molecule has 2 aromatic carbocycles. The van der Waals surface area contributed by atoms with Crippen molar-refractivity contribution < 1.29 is 17.6 Å². The van der Waals surface area contributed by atoms with Crippen molar-refractivity contribution >= 4 is 50.7 Å². The van der Waals surface area contributed by atoms with E-state index in [1.54, 1.807) is 30.3 Å². The Kier molecular flexibility index (Phi) is 6.91. The van der Waals surface area contributed by atoms with Gasteiger partial charge in [0.05, 0.1) is 17.7 Å². The van der Waals surface area contributed by atoms with Crippen LogP contribution in [0, 0.1) is 5.82 Å². The van der Waals surface area contributed by atoms with Crippen LogP contribution >= 0.6 is 23.4 Å². The summed E-state index contributed by atoms with van der Waals surface area (Å²) in [5.41, 5.74) is 1.28. The maximum absolute atomic E-state index is 13.7. The number of benzene rings is 2. The van der Waals surface area contributed by atoms with Crippen LogP contribution < -0.4 is 9.62 Å². The third-order valence-corrected chi connectivity index (χ3v) is 6.05. The highest BCUT2D eigenvalue weighted by Crippen LogP contribution is 2.24. The summed E-state index contributed by atoms with van der Waals surface area (Å²) >= 11 is 7.18. The van der Waals surface area contributed by atoms with Crippen LogP contribution in [-0.2, 0) is 20.6 Å². The van der Waals surface area contributed by atoms with E-state index >= 15 is 0 Å². The van der Waals surface area contributed by atoms with Crippen LogP contribution in [0.1, 0.15) is 5.56 Å². The second-order valence-electron chi connectivity index (χ2n) is 5.52. The molecule has 0 saturated heterocycles. The van der Waals surface area contributed by atoms with E-state index in [1.807, 2.05) is 0 Å². The number of sulfonamides is 1. The molecule has 140 valence electrons. The highest BCUT2D eigenvalue weighted by atomic mass is 35.5. The van der Waals surface area contributed by atoms with Gasteiger partial charge in [-0.25, -0.2) is 12.8 Å². The molecule has 0 radical (unpaired) electrons. The van der Waals surface area contributed by atoms with E-state index in [0.717, 1.165) is 10.6 Å². The van der Waals surface area contributed by atoms with E-state index in [2.05, 4.69) is 5.32 Å². The molecule has 1 N–H and O–H groups in total. The minimum Gasteiger partial charge on any atom is -0.325 e. The van der Waals surface area contributed by atoms with Crippen LogP contribution in [0.25, 0.3) is 0 Å². The van der Waals surface area contributed by atoms with E-state index in [1.165, 1.54) is 30.9 Å². The third kappa shape index (κ3) is 5.62. The predicted octanol–water partition coefficient (Wildman–Crippen LogP) is 3.75. The van der Waals surface area contributed by atoms with Crippen LogP contribution in [0.2, 0.25) is 5.02 Å². The maximum atomic E-state index is 13.7. The molecule has 0 heterocycles. The standard InChI is InChI=1S/C17H18ClFN2O3S2/c1-21(26(2,23)24)13-6-3-5-12(9-13)20-17(22)11-25-10-14-15(18)7-4-8-16(14)19/h3-9H,10-11H2,1-2H3,(H,20,22). The SMILES string of the molecule is CN(c1cccc(NC(=O)CSCc2c(F)cccc2Cl)c1)S(C)(=O)=O. The highest BCUT2D eigenvalue weighted by molar-refractivity contribution is 7.99. The molecule has 0 bridgehead atoms. The molecule has 5 nitrogen and oxygen atoms in total. The lowest BCUT2D eigenvalue weighted by molar-refractivity contribution is -0.113. The van der Waals surface area contributed by atoms with Gasteiger partial charge < -0.3 is 5.32 Å². The highest BCUT2D eigenvalue weighted by Gasteiger charge is 2.13. The number of anilines is 2. The molecule has 0 unspecified atom stereocenters. The van der Waals surface area contributed by atoms with Gasteiger partial charge in [-0.05, 0) is 30.3 Å². The summed E-state index contributed by atoms with van der Waals surface area (Å²) < 4.78 is 38.0. The Labute approximate surface area is 161 Å². The zero-order valence-corrected chi connectivity index (χ0v) is 16.6. The molecule has 2 aromatic rings. The van der Waals surface area contributed by atoms with Gasteiger partial charge in [-0.2, -0.15) is 0 Å². The number of thioether (sulfide) groups is 1. The number of hydrogen-bond acceptors (Lipinski definition) is 4. The third-order valence-electron chi connectivity index (χ3n) is 3.53. The Balaban J connectivity index is 1.94. The largest absolute Gasteiger partial charge is 0.325 e. The average molecular weight is 417 g/mol. The molecule has 9 heteroatoms. The molecule has 0 aromatic heterocycles. The number of nitrogens with one attached hydrogen (secondary N) is 1. The number of halogens is 2. The summed E-state index contributed by atoms with van der Waals surface area (Å²) in [6.07, 6.45) is 1.10. The van der Waals surface area contributed by atoms with Gasteiger partial charge in [0.25, 0.3) is 0 Å². The van der Waals surface area contributed by atoms with Gasteiger partial charge >= 0.3 is 0 Å². The molecule has 0 aliphatic rings. The second kappa shape index (κ2) is 8.75. The molecule has 0 atom stereocenters. The number of rotatable bonds is 7. The van der Waals surface area contributed by atoms with Crippen LogP contribution in [0.15, 0.2) is 42.5 Å². The van der Waals surface area contributed by atoms with Crippen molar-refractivity contribution in [1.29, 1.82) is 0 Å². The summed E-state index contributed by atoms with van der Waals surface area (Å²) in [5.74, 6) is -0.296. The van der Waals surface area contributed by atoms with Crippen molar-refractivity contribution in [2.75, 3.05) is 28.7 Å². The van der Waals surface area contributed by atoms with Crippen LogP contribution in [0.3, 0.4) is 0 Å². The fourth-order valence-electron chi connectivity index (χ4n) is 2.08. The number of nitrogens with zero attached hydrogens (tertiary/aromatic N) is 1. The zero-order valence-electron chi connectivity index (χ0n) is 14.2. The Bertz CT molecular complexity index is 886. The average Bonchev–Trinajstić information content (AvgIpc) is 2.56. The predicted molar refractivity (Wildman–Crippen MR) is 106 cm³/mol. The topological polar surface area (TPSA) is 66.5 Å². The van der Waals surface area contributed by atoms with Crippen molar-refractivity contribution in [2.24, 2.45) is 0 Å². The molecule has 1 amide bonds. The van der Waals surface area contributed by atoms with Crippen molar-refractivity contribution in [1.82, 2.24) is 0 Å². The van der Waals surface area contributed by atoms with E-state index in [0.29, 0.717) is 22.0 Å². The second-order valence-corrected chi connectivity index (χ2v) is 8.93. The molecule has 0 aliphatic carbocycles. The van der Waals surface area contributed by atoms with Gasteiger partial charge in [-0.15, -0.1) is 11.8 Å². The maximum Gasteiger partial charge on any atom is 0.234 e. The summed E-state index contributed by atoms with van der Waals surface area (Å²) in [4.78, 5) is 12.1. The summed E-state index contributed by atoms with van der Waals surface area (Å²) in [7, 11) is -1.95. The molecule has 26 heavy (non-hydrogen) atoms. The van der Waals surface area contributed by atoms with Crippen molar-refractivity contribution in [2.45, 2.75) is 5.75 Å². The van der Waals surface area contributed by atoms with Crippen LogP contribution in [-0.4, -0.2) is 33.4 Å². The van der Waals surface area contributed by atoms with Gasteiger partial charge in [-0.3, -0.25) is 9.10 Å². The lowest BCUT2D eigenvalue weighted by Crippen LogP contribution is -2.25. The number of carbonyl (C=O) groups is 1. The first kappa shape index (κ1) is 20.5. The fraction of sp³-hybridized carbons (Fsp3) is 0.235. The van der Waals surface area contributed by atoms with Gasteiger partial charge in [-0.1, -0.05) is 23.7 Å².